The lowest BCUT2D eigenvalue weighted by Crippen LogP contribution is -2.34. The lowest BCUT2D eigenvalue weighted by molar-refractivity contribution is 0.0766. The molecule has 1 fully saturated rings. The highest BCUT2D eigenvalue weighted by atomic mass is 16.2. The van der Waals surface area contributed by atoms with Crippen molar-refractivity contribution in [2.75, 3.05) is 26.2 Å². The summed E-state index contributed by atoms with van der Waals surface area (Å²) in [6.45, 7) is 5.41. The molecule has 3 rings (SSSR count). The summed E-state index contributed by atoms with van der Waals surface area (Å²) >= 11 is 0. The van der Waals surface area contributed by atoms with Gasteiger partial charge in [0, 0.05) is 25.2 Å². The van der Waals surface area contributed by atoms with Crippen LogP contribution in [0.25, 0.3) is 5.69 Å². The summed E-state index contributed by atoms with van der Waals surface area (Å²) in [5, 5.41) is 7.44. The summed E-state index contributed by atoms with van der Waals surface area (Å²) in [7, 11) is 0. The van der Waals surface area contributed by atoms with E-state index in [1.165, 1.54) is 6.33 Å². The van der Waals surface area contributed by atoms with E-state index in [0.29, 0.717) is 0 Å². The van der Waals surface area contributed by atoms with E-state index < -0.39 is 0 Å². The minimum atomic E-state index is 0.104. The van der Waals surface area contributed by atoms with E-state index >= 15 is 0 Å². The van der Waals surface area contributed by atoms with E-state index in [1.54, 1.807) is 11.0 Å². The molecular formula is C15H19N5O. The van der Waals surface area contributed by atoms with Gasteiger partial charge < -0.3 is 10.2 Å². The van der Waals surface area contributed by atoms with E-state index in [-0.39, 0.29) is 5.91 Å². The van der Waals surface area contributed by atoms with Crippen molar-refractivity contribution in [3.05, 3.63) is 42.0 Å². The van der Waals surface area contributed by atoms with Crippen molar-refractivity contribution in [1.29, 1.82) is 0 Å². The van der Waals surface area contributed by atoms with Crippen LogP contribution in [0.2, 0.25) is 0 Å². The highest BCUT2D eigenvalue weighted by molar-refractivity contribution is 5.94. The van der Waals surface area contributed by atoms with Gasteiger partial charge in [0.25, 0.3) is 5.91 Å². The number of amides is 1. The topological polar surface area (TPSA) is 63.1 Å². The van der Waals surface area contributed by atoms with Gasteiger partial charge in [0.15, 0.2) is 0 Å². The molecule has 0 spiro atoms. The average Bonchev–Trinajstić information content (AvgIpc) is 2.88. The van der Waals surface area contributed by atoms with Gasteiger partial charge in [-0.15, -0.1) is 0 Å². The van der Waals surface area contributed by atoms with Gasteiger partial charge >= 0.3 is 0 Å². The van der Waals surface area contributed by atoms with Gasteiger partial charge in [0.1, 0.15) is 12.7 Å². The van der Waals surface area contributed by atoms with Crippen molar-refractivity contribution in [2.45, 2.75) is 13.3 Å². The second-order valence-electron chi connectivity index (χ2n) is 5.24. The molecule has 2 aromatic rings. The van der Waals surface area contributed by atoms with Crippen molar-refractivity contribution < 1.29 is 4.79 Å². The quantitative estimate of drug-likeness (QED) is 0.894. The molecule has 0 radical (unpaired) electrons. The van der Waals surface area contributed by atoms with Crippen LogP contribution in [-0.4, -0.2) is 51.8 Å². The van der Waals surface area contributed by atoms with Crippen LogP contribution in [0.5, 0.6) is 0 Å². The van der Waals surface area contributed by atoms with E-state index in [4.69, 9.17) is 0 Å². The third kappa shape index (κ3) is 2.95. The molecule has 1 amide bonds. The monoisotopic (exact) mass is 285 g/mol. The molecule has 1 aliphatic heterocycles. The van der Waals surface area contributed by atoms with Crippen molar-refractivity contribution in [3.63, 3.8) is 0 Å². The summed E-state index contributed by atoms with van der Waals surface area (Å²) in [4.78, 5) is 18.4. The van der Waals surface area contributed by atoms with Gasteiger partial charge in [-0.25, -0.2) is 9.67 Å². The maximum Gasteiger partial charge on any atom is 0.253 e. The van der Waals surface area contributed by atoms with Crippen LogP contribution in [0.1, 0.15) is 22.3 Å². The van der Waals surface area contributed by atoms with E-state index in [0.717, 1.165) is 49.4 Å². The summed E-state index contributed by atoms with van der Waals surface area (Å²) in [5.41, 5.74) is 2.69. The Kier molecular flexibility index (Phi) is 3.96. The first kappa shape index (κ1) is 13.8. The number of carbonyl (C=O) groups excluding carboxylic acids is 1. The number of carbonyl (C=O) groups is 1. The number of aryl methyl sites for hydroxylation is 1. The molecule has 0 unspecified atom stereocenters. The third-order valence-electron chi connectivity index (χ3n) is 3.74. The van der Waals surface area contributed by atoms with Crippen LogP contribution >= 0.6 is 0 Å². The first-order valence-electron chi connectivity index (χ1n) is 7.21. The molecule has 1 saturated heterocycles. The summed E-state index contributed by atoms with van der Waals surface area (Å²) < 4.78 is 1.71. The zero-order chi connectivity index (χ0) is 14.7. The molecule has 1 aromatic heterocycles. The molecule has 1 aromatic carbocycles. The standard InChI is InChI=1S/C15H19N5O/c1-12-9-13(3-4-14(12)20-11-17-10-18-20)15(21)19-7-2-5-16-6-8-19/h3-4,9-11,16H,2,5-8H2,1H3. The molecule has 21 heavy (non-hydrogen) atoms. The molecular weight excluding hydrogens is 266 g/mol. The Bertz CT molecular complexity index is 615. The molecule has 0 aliphatic carbocycles. The van der Waals surface area contributed by atoms with Gasteiger partial charge in [0.05, 0.1) is 5.69 Å². The van der Waals surface area contributed by atoms with Gasteiger partial charge in [0.2, 0.25) is 0 Å². The van der Waals surface area contributed by atoms with E-state index in [1.807, 2.05) is 30.0 Å². The predicted octanol–water partition coefficient (Wildman–Crippen LogP) is 1.01. The van der Waals surface area contributed by atoms with Crippen LogP contribution in [0.15, 0.2) is 30.9 Å². The maximum absolute atomic E-state index is 12.6. The Labute approximate surface area is 123 Å². The van der Waals surface area contributed by atoms with Crippen molar-refractivity contribution in [2.24, 2.45) is 0 Å². The smallest absolute Gasteiger partial charge is 0.253 e. The molecule has 1 N–H and O–H groups in total. The van der Waals surface area contributed by atoms with Crippen molar-refractivity contribution >= 4 is 5.91 Å². The van der Waals surface area contributed by atoms with E-state index in [2.05, 4.69) is 15.4 Å². The number of nitrogens with zero attached hydrogens (tertiary/aromatic N) is 4. The molecule has 1 aliphatic rings. The van der Waals surface area contributed by atoms with Crippen LogP contribution in [0.3, 0.4) is 0 Å². The first-order valence-corrected chi connectivity index (χ1v) is 7.21. The van der Waals surface area contributed by atoms with E-state index in [9.17, 15) is 4.79 Å². The Hall–Kier alpha value is -2.21. The van der Waals surface area contributed by atoms with Crippen LogP contribution in [0, 0.1) is 6.92 Å². The zero-order valence-corrected chi connectivity index (χ0v) is 12.1. The Morgan fingerprint density at radius 2 is 2.19 bits per heavy atom. The van der Waals surface area contributed by atoms with Crippen LogP contribution in [-0.2, 0) is 0 Å². The van der Waals surface area contributed by atoms with Crippen LogP contribution in [0.4, 0.5) is 0 Å². The molecule has 6 heteroatoms. The second-order valence-corrected chi connectivity index (χ2v) is 5.24. The highest BCUT2D eigenvalue weighted by Crippen LogP contribution is 2.16. The highest BCUT2D eigenvalue weighted by Gasteiger charge is 2.17. The molecule has 0 atom stereocenters. The summed E-state index contributed by atoms with van der Waals surface area (Å²) in [6.07, 6.45) is 4.16. The normalized spacial score (nSPS) is 15.8. The van der Waals surface area contributed by atoms with Crippen molar-refractivity contribution in [3.8, 4) is 5.69 Å². The molecule has 0 bridgehead atoms. The number of aromatic nitrogens is 3. The maximum atomic E-state index is 12.6. The van der Waals surface area contributed by atoms with Crippen molar-refractivity contribution in [1.82, 2.24) is 25.0 Å². The average molecular weight is 285 g/mol. The first-order chi connectivity index (χ1) is 10.3. The summed E-state index contributed by atoms with van der Waals surface area (Å²) in [6, 6.07) is 5.72. The molecule has 2 heterocycles. The lowest BCUT2D eigenvalue weighted by Gasteiger charge is -2.20. The number of hydrogen-bond acceptors (Lipinski definition) is 4. The SMILES string of the molecule is Cc1cc(C(=O)N2CCCNCC2)ccc1-n1cncn1. The number of hydrogen-bond donors (Lipinski definition) is 1. The number of benzene rings is 1. The zero-order valence-electron chi connectivity index (χ0n) is 12.1. The lowest BCUT2D eigenvalue weighted by atomic mass is 10.1. The predicted molar refractivity (Wildman–Crippen MR) is 79.5 cm³/mol. The van der Waals surface area contributed by atoms with Gasteiger partial charge in [-0.2, -0.15) is 5.10 Å². The second kappa shape index (κ2) is 6.05. The Morgan fingerprint density at radius 3 is 2.95 bits per heavy atom. The third-order valence-corrected chi connectivity index (χ3v) is 3.74. The minimum Gasteiger partial charge on any atom is -0.337 e. The van der Waals surface area contributed by atoms with Gasteiger partial charge in [-0.3, -0.25) is 4.79 Å². The molecule has 6 nitrogen and oxygen atoms in total. The molecule has 110 valence electrons. The van der Waals surface area contributed by atoms with Gasteiger partial charge in [-0.05, 0) is 43.7 Å². The largest absolute Gasteiger partial charge is 0.337 e. The summed E-state index contributed by atoms with van der Waals surface area (Å²) in [5.74, 6) is 0.104. The minimum absolute atomic E-state index is 0.104. The fourth-order valence-electron chi connectivity index (χ4n) is 2.61. The number of nitrogens with one attached hydrogen (secondary N) is 1. The Balaban J connectivity index is 1.82. The van der Waals surface area contributed by atoms with Gasteiger partial charge in [-0.1, -0.05) is 0 Å². The van der Waals surface area contributed by atoms with Crippen LogP contribution < -0.4 is 5.32 Å². The fourth-order valence-corrected chi connectivity index (χ4v) is 2.61. The fraction of sp³-hybridized carbons (Fsp3) is 0.400. The Morgan fingerprint density at radius 1 is 1.29 bits per heavy atom. The molecule has 0 saturated carbocycles. The number of rotatable bonds is 2.